The third-order valence-electron chi connectivity index (χ3n) is 5.00. The van der Waals surface area contributed by atoms with Crippen molar-refractivity contribution in [3.05, 3.63) is 23.8 Å². The van der Waals surface area contributed by atoms with Crippen LogP contribution in [0.15, 0.2) is 23.2 Å². The molecule has 0 saturated carbocycles. The Hall–Kier alpha value is -1.22. The summed E-state index contributed by atoms with van der Waals surface area (Å²) >= 11 is 0. The Morgan fingerprint density at radius 1 is 1.22 bits per heavy atom. The van der Waals surface area contributed by atoms with Crippen LogP contribution in [-0.2, 0) is 6.54 Å². The number of piperidine rings is 1. The normalized spacial score (nSPS) is 17.9. The van der Waals surface area contributed by atoms with Crippen LogP contribution in [0.2, 0.25) is 0 Å². The Kier molecular flexibility index (Phi) is 11.5. The van der Waals surface area contributed by atoms with E-state index in [1.807, 2.05) is 18.2 Å². The fourth-order valence-electron chi connectivity index (χ4n) is 3.36. The van der Waals surface area contributed by atoms with E-state index in [0.717, 1.165) is 24.6 Å². The van der Waals surface area contributed by atoms with Crippen LogP contribution in [0.5, 0.6) is 11.5 Å². The second-order valence-corrected chi connectivity index (χ2v) is 6.91. The first-order valence-corrected chi connectivity index (χ1v) is 9.62. The number of rotatable bonds is 9. The number of nitrogens with one attached hydrogen (secondary N) is 1. The van der Waals surface area contributed by atoms with Crippen LogP contribution in [0.3, 0.4) is 0 Å². The molecule has 0 spiro atoms. The zero-order valence-corrected chi connectivity index (χ0v) is 19.2. The highest BCUT2D eigenvalue weighted by Gasteiger charge is 2.16. The predicted molar refractivity (Wildman–Crippen MR) is 122 cm³/mol. The minimum Gasteiger partial charge on any atom is -0.493 e. The number of unbranched alkanes of at least 4 members (excludes halogenated alkanes) is 1. The number of halogens is 1. The molecule has 1 atom stereocenters. The first-order valence-electron chi connectivity index (χ1n) is 9.62. The maximum Gasteiger partial charge on any atom is 0.188 e. The molecular formula is C20H35IN4O2. The molecule has 1 saturated heterocycles. The van der Waals surface area contributed by atoms with Gasteiger partial charge in [0.2, 0.25) is 0 Å². The molecule has 0 radical (unpaired) electrons. The number of aliphatic imine (C=N–C) groups is 1. The second kappa shape index (κ2) is 13.0. The van der Waals surface area contributed by atoms with Gasteiger partial charge in [0, 0.05) is 12.6 Å². The van der Waals surface area contributed by atoms with E-state index >= 15 is 0 Å². The molecule has 7 heteroatoms. The lowest BCUT2D eigenvalue weighted by atomic mass is 10.0. The van der Waals surface area contributed by atoms with E-state index in [4.69, 9.17) is 15.2 Å². The van der Waals surface area contributed by atoms with Crippen molar-refractivity contribution in [1.29, 1.82) is 0 Å². The van der Waals surface area contributed by atoms with Gasteiger partial charge in [0.05, 0.1) is 20.8 Å². The van der Waals surface area contributed by atoms with Gasteiger partial charge in [-0.3, -0.25) is 0 Å². The van der Waals surface area contributed by atoms with Gasteiger partial charge in [0.1, 0.15) is 0 Å². The van der Waals surface area contributed by atoms with Gasteiger partial charge < -0.3 is 25.4 Å². The topological polar surface area (TPSA) is 72.1 Å². The quantitative estimate of drug-likeness (QED) is 0.240. The van der Waals surface area contributed by atoms with Crippen molar-refractivity contribution in [2.75, 3.05) is 33.9 Å². The molecule has 1 heterocycles. The molecular weight excluding hydrogens is 455 g/mol. The van der Waals surface area contributed by atoms with Gasteiger partial charge in [-0.25, -0.2) is 4.99 Å². The summed E-state index contributed by atoms with van der Waals surface area (Å²) in [6, 6.07) is 6.52. The molecule has 0 bridgehead atoms. The van der Waals surface area contributed by atoms with E-state index in [2.05, 4.69) is 22.1 Å². The summed E-state index contributed by atoms with van der Waals surface area (Å²) in [7, 11) is 3.26. The van der Waals surface area contributed by atoms with Crippen molar-refractivity contribution >= 4 is 29.9 Å². The average Bonchev–Trinajstić information content (AvgIpc) is 2.67. The Morgan fingerprint density at radius 3 is 2.70 bits per heavy atom. The van der Waals surface area contributed by atoms with Gasteiger partial charge in [-0.2, -0.15) is 0 Å². The van der Waals surface area contributed by atoms with Crippen LogP contribution in [0.4, 0.5) is 0 Å². The Morgan fingerprint density at radius 2 is 2.00 bits per heavy atom. The average molecular weight is 490 g/mol. The molecule has 1 aromatic carbocycles. The standard InChI is InChI=1S/C20H34N4O2.HI/c1-16-8-4-6-12-24(16)13-7-5-11-22-20(21)23-15-17-9-10-18(25-2)19(14-17)26-3;/h9-10,14,16H,4-8,11-13,15H2,1-3H3,(H3,21,22,23);1H. The molecule has 1 aromatic rings. The summed E-state index contributed by atoms with van der Waals surface area (Å²) in [5.74, 6) is 1.92. The number of ether oxygens (including phenoxy) is 2. The summed E-state index contributed by atoms with van der Waals surface area (Å²) in [4.78, 5) is 7.01. The van der Waals surface area contributed by atoms with E-state index in [-0.39, 0.29) is 24.0 Å². The van der Waals surface area contributed by atoms with Crippen LogP contribution in [-0.4, -0.2) is 50.8 Å². The van der Waals surface area contributed by atoms with Crippen LogP contribution >= 0.6 is 24.0 Å². The van der Waals surface area contributed by atoms with Crippen molar-refractivity contribution in [1.82, 2.24) is 10.2 Å². The van der Waals surface area contributed by atoms with Crippen molar-refractivity contribution in [2.45, 2.75) is 51.6 Å². The molecule has 1 aliphatic heterocycles. The minimum absolute atomic E-state index is 0. The number of nitrogens with two attached hydrogens (primary N) is 1. The summed E-state index contributed by atoms with van der Waals surface area (Å²) in [5.41, 5.74) is 7.00. The van der Waals surface area contributed by atoms with Crippen LogP contribution in [0, 0.1) is 0 Å². The second-order valence-electron chi connectivity index (χ2n) is 6.91. The first-order chi connectivity index (χ1) is 12.6. The fourth-order valence-corrected chi connectivity index (χ4v) is 3.36. The smallest absolute Gasteiger partial charge is 0.188 e. The summed E-state index contributed by atoms with van der Waals surface area (Å²) in [6.45, 7) is 6.17. The minimum atomic E-state index is 0. The summed E-state index contributed by atoms with van der Waals surface area (Å²) < 4.78 is 10.6. The maximum absolute atomic E-state index is 5.97. The molecule has 1 fully saturated rings. The molecule has 0 amide bonds. The van der Waals surface area contributed by atoms with Gasteiger partial charge >= 0.3 is 0 Å². The number of methoxy groups -OCH3 is 2. The molecule has 0 aromatic heterocycles. The molecule has 3 N–H and O–H groups in total. The van der Waals surface area contributed by atoms with E-state index in [1.165, 1.54) is 38.8 Å². The number of guanidine groups is 1. The Balaban J connectivity index is 0.00000364. The highest BCUT2D eigenvalue weighted by atomic mass is 127. The zero-order chi connectivity index (χ0) is 18.8. The van der Waals surface area contributed by atoms with Crippen LogP contribution < -0.4 is 20.5 Å². The number of likely N-dealkylation sites (tertiary alicyclic amines) is 1. The van der Waals surface area contributed by atoms with Crippen molar-refractivity contribution < 1.29 is 9.47 Å². The molecule has 27 heavy (non-hydrogen) atoms. The highest BCUT2D eigenvalue weighted by Crippen LogP contribution is 2.27. The van der Waals surface area contributed by atoms with Gasteiger partial charge in [-0.05, 0) is 63.4 Å². The lowest BCUT2D eigenvalue weighted by molar-refractivity contribution is 0.158. The van der Waals surface area contributed by atoms with E-state index in [0.29, 0.717) is 24.0 Å². The number of benzene rings is 1. The number of nitrogens with zero attached hydrogens (tertiary/aromatic N) is 2. The third-order valence-corrected chi connectivity index (χ3v) is 5.00. The van der Waals surface area contributed by atoms with Crippen molar-refractivity contribution in [3.8, 4) is 11.5 Å². The zero-order valence-electron chi connectivity index (χ0n) is 16.9. The van der Waals surface area contributed by atoms with Crippen LogP contribution in [0.25, 0.3) is 0 Å². The van der Waals surface area contributed by atoms with E-state index in [1.54, 1.807) is 14.2 Å². The lowest BCUT2D eigenvalue weighted by Crippen LogP contribution is -2.38. The van der Waals surface area contributed by atoms with Gasteiger partial charge in [0.25, 0.3) is 0 Å². The molecule has 1 unspecified atom stereocenters. The Labute approximate surface area is 180 Å². The van der Waals surface area contributed by atoms with Crippen LogP contribution in [0.1, 0.15) is 44.6 Å². The van der Waals surface area contributed by atoms with E-state index < -0.39 is 0 Å². The monoisotopic (exact) mass is 490 g/mol. The van der Waals surface area contributed by atoms with Gasteiger partial charge in [-0.15, -0.1) is 24.0 Å². The van der Waals surface area contributed by atoms with Gasteiger partial charge in [0.15, 0.2) is 17.5 Å². The molecule has 154 valence electrons. The van der Waals surface area contributed by atoms with Gasteiger partial charge in [-0.1, -0.05) is 12.5 Å². The largest absolute Gasteiger partial charge is 0.493 e. The first kappa shape index (κ1) is 23.8. The van der Waals surface area contributed by atoms with Crippen molar-refractivity contribution in [3.63, 3.8) is 0 Å². The summed E-state index contributed by atoms with van der Waals surface area (Å²) in [6.07, 6.45) is 6.37. The lowest BCUT2D eigenvalue weighted by Gasteiger charge is -2.33. The number of hydrogen-bond donors (Lipinski definition) is 2. The summed E-state index contributed by atoms with van der Waals surface area (Å²) in [5, 5.41) is 3.21. The molecule has 2 rings (SSSR count). The molecule has 0 aliphatic carbocycles. The third kappa shape index (κ3) is 8.13. The fraction of sp³-hybridized carbons (Fsp3) is 0.650. The number of hydrogen-bond acceptors (Lipinski definition) is 4. The molecule has 6 nitrogen and oxygen atoms in total. The molecule has 1 aliphatic rings. The van der Waals surface area contributed by atoms with Crippen molar-refractivity contribution in [2.24, 2.45) is 10.7 Å². The SMILES string of the molecule is COc1ccc(CN=C(N)NCCCCN2CCCCC2C)cc1OC.I. The Bertz CT molecular complexity index is 583. The highest BCUT2D eigenvalue weighted by molar-refractivity contribution is 14.0. The maximum atomic E-state index is 5.97. The predicted octanol–water partition coefficient (Wildman–Crippen LogP) is 3.38. The van der Waals surface area contributed by atoms with E-state index in [9.17, 15) is 0 Å².